The Balaban J connectivity index is 1.28. The van der Waals surface area contributed by atoms with Crippen LogP contribution in [-0.2, 0) is 30.5 Å². The highest BCUT2D eigenvalue weighted by atomic mass is 32.2. The number of benzene rings is 2. The third kappa shape index (κ3) is 3.89. The quantitative estimate of drug-likeness (QED) is 0.224. The molecule has 0 aliphatic heterocycles. The second kappa shape index (κ2) is 8.90. The number of carbonyl (C=O) groups is 2. The van der Waals surface area contributed by atoms with Crippen LogP contribution in [0.15, 0.2) is 23.1 Å². The highest BCUT2D eigenvalue weighted by Gasteiger charge is 2.58. The molecule has 10 rings (SSSR count). The van der Waals surface area contributed by atoms with Crippen LogP contribution in [0.4, 0.5) is 17.6 Å². The van der Waals surface area contributed by atoms with Gasteiger partial charge in [0.15, 0.2) is 11.6 Å². The monoisotopic (exact) mass is 617 g/mol. The Morgan fingerprint density at radius 3 is 1.65 bits per heavy atom. The number of ether oxygens (including phenoxy) is 1. The van der Waals surface area contributed by atoms with Gasteiger partial charge in [0.2, 0.25) is 17.4 Å². The molecule has 6 nitrogen and oxygen atoms in total. The minimum Gasteiger partial charge on any atom is -0.744 e. The van der Waals surface area contributed by atoms with Gasteiger partial charge in [-0.15, -0.1) is 0 Å². The van der Waals surface area contributed by atoms with Gasteiger partial charge in [-0.3, -0.25) is 9.59 Å². The zero-order chi connectivity index (χ0) is 30.2. The molecule has 43 heavy (non-hydrogen) atoms. The minimum absolute atomic E-state index is 0.0108. The summed E-state index contributed by atoms with van der Waals surface area (Å²) in [5, 5.41) is 0. The maximum absolute atomic E-state index is 15.2. The standard InChI is InChI=1S/C32H30F4O6S/c33-23-25(35)30(43(39,40)41)26(36)24(34)29(23)42-22-7-20(31-8-14-3-16(10-31)27(37)17(4-14)11-31)1-2-21(22)32-9-15-5-18(12-32)28(38)19(6-15)13-32/h1-2,7,14-19H,3-6,8-13H2,(H,39,40,41)/p-1. The largest absolute Gasteiger partial charge is 0.744 e. The van der Waals surface area contributed by atoms with Gasteiger partial charge in [0.25, 0.3) is 0 Å². The normalized spacial score (nSPS) is 37.4. The van der Waals surface area contributed by atoms with E-state index in [4.69, 9.17) is 4.74 Å². The fourth-order valence-electron chi connectivity index (χ4n) is 10.6. The Labute approximate surface area is 245 Å². The molecule has 0 amide bonds. The molecule has 8 fully saturated rings. The summed E-state index contributed by atoms with van der Waals surface area (Å²) >= 11 is 0. The Kier molecular flexibility index (Phi) is 5.74. The van der Waals surface area contributed by atoms with Crippen molar-refractivity contribution < 1.29 is 44.9 Å². The molecule has 11 heteroatoms. The lowest BCUT2D eigenvalue weighted by Crippen LogP contribution is -2.54. The highest BCUT2D eigenvalue weighted by Crippen LogP contribution is 2.63. The van der Waals surface area contributed by atoms with E-state index < -0.39 is 49.4 Å². The minimum atomic E-state index is -5.88. The lowest BCUT2D eigenvalue weighted by atomic mass is 9.46. The van der Waals surface area contributed by atoms with E-state index in [1.807, 2.05) is 12.1 Å². The zero-order valence-corrected chi connectivity index (χ0v) is 24.0. The molecule has 2 aromatic rings. The predicted molar refractivity (Wildman–Crippen MR) is 141 cm³/mol. The Hall–Kier alpha value is -2.79. The van der Waals surface area contributed by atoms with Crippen molar-refractivity contribution in [3.8, 4) is 11.5 Å². The van der Waals surface area contributed by atoms with Gasteiger partial charge in [0.05, 0.1) is 0 Å². The van der Waals surface area contributed by atoms with Crippen molar-refractivity contribution >= 4 is 21.7 Å². The van der Waals surface area contributed by atoms with Crippen LogP contribution in [0, 0.1) is 58.8 Å². The van der Waals surface area contributed by atoms with Gasteiger partial charge in [0, 0.05) is 34.7 Å². The van der Waals surface area contributed by atoms with Crippen molar-refractivity contribution in [3.63, 3.8) is 0 Å². The van der Waals surface area contributed by atoms with Gasteiger partial charge in [-0.25, -0.2) is 17.2 Å². The molecule has 8 saturated carbocycles. The van der Waals surface area contributed by atoms with Crippen LogP contribution in [0.25, 0.3) is 0 Å². The lowest BCUT2D eigenvalue weighted by molar-refractivity contribution is -0.142. The Bertz CT molecular complexity index is 1670. The first-order valence-electron chi connectivity index (χ1n) is 15.0. The van der Waals surface area contributed by atoms with Crippen molar-refractivity contribution in [1.82, 2.24) is 0 Å². The molecule has 0 aromatic heterocycles. The van der Waals surface area contributed by atoms with Crippen molar-refractivity contribution in [1.29, 1.82) is 0 Å². The number of ketones is 2. The zero-order valence-electron chi connectivity index (χ0n) is 23.1. The summed E-state index contributed by atoms with van der Waals surface area (Å²) < 4.78 is 100.0. The second-order valence-corrected chi connectivity index (χ2v) is 15.6. The van der Waals surface area contributed by atoms with Crippen LogP contribution in [0.1, 0.15) is 75.3 Å². The maximum atomic E-state index is 15.2. The fraction of sp³-hybridized carbons (Fsp3) is 0.562. The summed E-state index contributed by atoms with van der Waals surface area (Å²) in [4.78, 5) is 23.6. The van der Waals surface area contributed by atoms with Crippen LogP contribution < -0.4 is 4.74 Å². The first-order valence-corrected chi connectivity index (χ1v) is 16.4. The molecule has 4 atom stereocenters. The van der Waals surface area contributed by atoms with Gasteiger partial charge in [-0.2, -0.15) is 8.78 Å². The molecule has 0 N–H and O–H groups in total. The van der Waals surface area contributed by atoms with Gasteiger partial charge in [-0.1, -0.05) is 12.1 Å². The number of Topliss-reactive ketones (excluding diaryl/α,β-unsaturated/α-hetero) is 2. The van der Waals surface area contributed by atoms with Gasteiger partial charge in [-0.05, 0) is 93.1 Å². The van der Waals surface area contributed by atoms with E-state index in [1.165, 1.54) is 0 Å². The molecule has 0 spiro atoms. The molecule has 0 heterocycles. The smallest absolute Gasteiger partial charge is 0.205 e. The van der Waals surface area contributed by atoms with Crippen molar-refractivity contribution in [2.75, 3.05) is 0 Å². The molecule has 228 valence electrons. The number of halogens is 4. The molecule has 0 radical (unpaired) electrons. The Morgan fingerprint density at radius 1 is 0.698 bits per heavy atom. The number of hydrogen-bond acceptors (Lipinski definition) is 6. The third-order valence-corrected chi connectivity index (χ3v) is 12.7. The van der Waals surface area contributed by atoms with E-state index >= 15 is 8.78 Å². The molecule has 8 aliphatic rings. The van der Waals surface area contributed by atoms with E-state index in [1.54, 1.807) is 6.07 Å². The average Bonchev–Trinajstić information content (AvgIpc) is 2.94. The third-order valence-electron chi connectivity index (χ3n) is 11.8. The summed E-state index contributed by atoms with van der Waals surface area (Å²) in [7, 11) is -5.88. The highest BCUT2D eigenvalue weighted by molar-refractivity contribution is 7.85. The summed E-state index contributed by atoms with van der Waals surface area (Å²) in [6, 6.07) is 5.49. The predicted octanol–water partition coefficient (Wildman–Crippen LogP) is 6.23. The fourth-order valence-corrected chi connectivity index (χ4v) is 11.2. The molecule has 2 aromatic carbocycles. The van der Waals surface area contributed by atoms with E-state index in [0.717, 1.165) is 44.1 Å². The van der Waals surface area contributed by atoms with Crippen LogP contribution >= 0.6 is 0 Å². The van der Waals surface area contributed by atoms with Crippen LogP contribution in [0.3, 0.4) is 0 Å². The topological polar surface area (TPSA) is 101 Å². The first-order chi connectivity index (χ1) is 20.3. The van der Waals surface area contributed by atoms with E-state index in [9.17, 15) is 31.3 Å². The van der Waals surface area contributed by atoms with Gasteiger partial charge < -0.3 is 9.29 Å². The molecule has 8 aliphatic carbocycles. The van der Waals surface area contributed by atoms with E-state index in [0.29, 0.717) is 48.9 Å². The second-order valence-electron chi connectivity index (χ2n) is 14.2. The van der Waals surface area contributed by atoms with Crippen LogP contribution in [0.5, 0.6) is 11.5 Å². The molecule has 0 saturated heterocycles. The summed E-state index contributed by atoms with van der Waals surface area (Å²) in [5.74, 6) is -9.59. The van der Waals surface area contributed by atoms with Crippen molar-refractivity contribution in [2.24, 2.45) is 35.5 Å². The average molecular weight is 618 g/mol. The Morgan fingerprint density at radius 2 is 1.16 bits per heavy atom. The van der Waals surface area contributed by atoms with E-state index in [2.05, 4.69) is 0 Å². The number of rotatable bonds is 5. The van der Waals surface area contributed by atoms with Gasteiger partial charge in [0.1, 0.15) is 32.3 Å². The summed E-state index contributed by atoms with van der Waals surface area (Å²) in [6.07, 6.45) is 7.21. The first kappa shape index (κ1) is 27.7. The van der Waals surface area contributed by atoms with Crippen LogP contribution in [0.2, 0.25) is 0 Å². The van der Waals surface area contributed by atoms with Gasteiger partial charge >= 0.3 is 0 Å². The molecular weight excluding hydrogens is 588 g/mol. The molecular formula is C32H29F4O6S-. The number of hydrogen-bond donors (Lipinski definition) is 0. The van der Waals surface area contributed by atoms with Crippen molar-refractivity contribution in [2.45, 2.75) is 79.9 Å². The lowest BCUT2D eigenvalue weighted by Gasteiger charge is -2.57. The SMILES string of the molecule is O=C1C2CC3CC1CC(c1ccc(C45CC6CC(C4)C(=O)C(C6)C5)c(Oc4c(F)c(F)c(S(=O)(=O)[O-])c(F)c4F)c1)(C3)C2. The molecule has 8 bridgehead atoms. The molecule has 4 unspecified atom stereocenters. The maximum Gasteiger partial charge on any atom is 0.205 e. The van der Waals surface area contributed by atoms with Crippen molar-refractivity contribution in [3.05, 3.63) is 52.6 Å². The summed E-state index contributed by atoms with van der Waals surface area (Å²) in [5.41, 5.74) is 0.508. The number of carbonyl (C=O) groups excluding carboxylic acids is 2. The van der Waals surface area contributed by atoms with E-state index in [-0.39, 0.29) is 40.6 Å². The summed E-state index contributed by atoms with van der Waals surface area (Å²) in [6.45, 7) is 0. The van der Waals surface area contributed by atoms with Crippen LogP contribution in [-0.4, -0.2) is 24.5 Å².